The van der Waals surface area contributed by atoms with Gasteiger partial charge in [-0.05, 0) is 19.1 Å². The van der Waals surface area contributed by atoms with E-state index >= 15 is 0 Å². The zero-order valence-electron chi connectivity index (χ0n) is 12.8. The molecule has 0 unspecified atom stereocenters. The van der Waals surface area contributed by atoms with Crippen LogP contribution in [0, 0.1) is 0 Å². The molecule has 24 heavy (non-hydrogen) atoms. The number of para-hydroxylation sites is 1. The Bertz CT molecular complexity index is 965. The Morgan fingerprint density at radius 3 is 2.92 bits per heavy atom. The lowest BCUT2D eigenvalue weighted by molar-refractivity contribution is 0.168. The first-order chi connectivity index (χ1) is 11.6. The number of carbonyl (C=O) groups is 1. The molecular weight excluding hydrogens is 312 g/mol. The Labute approximate surface area is 136 Å². The highest BCUT2D eigenvalue weighted by atomic mass is 16.5. The van der Waals surface area contributed by atoms with Crippen molar-refractivity contribution in [3.63, 3.8) is 0 Å². The molecule has 0 aliphatic heterocycles. The summed E-state index contributed by atoms with van der Waals surface area (Å²) in [6, 6.07) is 8.10. The summed E-state index contributed by atoms with van der Waals surface area (Å²) in [7, 11) is 0. The molecule has 0 fully saturated rings. The van der Waals surface area contributed by atoms with Gasteiger partial charge in [-0.1, -0.05) is 12.1 Å². The zero-order chi connectivity index (χ0) is 17.1. The van der Waals surface area contributed by atoms with Gasteiger partial charge in [-0.3, -0.25) is 15.1 Å². The Hall–Kier alpha value is -3.35. The molecule has 7 nitrogen and oxygen atoms in total. The van der Waals surface area contributed by atoms with Crippen LogP contribution in [0.4, 0.5) is 10.5 Å². The third-order valence-corrected chi connectivity index (χ3v) is 3.32. The highest BCUT2D eigenvalue weighted by Crippen LogP contribution is 2.30. The van der Waals surface area contributed by atoms with Crippen LogP contribution in [0.5, 0.6) is 5.75 Å². The van der Waals surface area contributed by atoms with Gasteiger partial charge in [0.05, 0.1) is 24.7 Å². The number of amides is 1. The molecule has 2 heterocycles. The van der Waals surface area contributed by atoms with Gasteiger partial charge in [0.2, 0.25) is 0 Å². The van der Waals surface area contributed by atoms with Crippen LogP contribution >= 0.6 is 0 Å². The van der Waals surface area contributed by atoms with Crippen molar-refractivity contribution in [2.45, 2.75) is 6.92 Å². The van der Waals surface area contributed by atoms with Crippen molar-refractivity contribution in [1.29, 1.82) is 0 Å². The maximum Gasteiger partial charge on any atom is 0.411 e. The Balaban J connectivity index is 2.11. The van der Waals surface area contributed by atoms with Crippen molar-refractivity contribution in [3.05, 3.63) is 52.9 Å². The molecule has 3 rings (SSSR count). The summed E-state index contributed by atoms with van der Waals surface area (Å²) in [6.45, 7) is 1.94. The Morgan fingerprint density at radius 1 is 1.33 bits per heavy atom. The zero-order valence-corrected chi connectivity index (χ0v) is 12.8. The van der Waals surface area contributed by atoms with E-state index in [0.29, 0.717) is 11.3 Å². The van der Waals surface area contributed by atoms with Crippen molar-refractivity contribution in [3.8, 4) is 17.1 Å². The van der Waals surface area contributed by atoms with Crippen molar-refractivity contribution < 1.29 is 19.1 Å². The number of ether oxygens (including phenoxy) is 1. The normalized spacial score (nSPS) is 10.5. The molecule has 2 aromatic heterocycles. The predicted octanol–water partition coefficient (Wildman–Crippen LogP) is 3.13. The van der Waals surface area contributed by atoms with Gasteiger partial charge in [0.15, 0.2) is 11.0 Å². The van der Waals surface area contributed by atoms with Gasteiger partial charge in [0, 0.05) is 11.6 Å². The van der Waals surface area contributed by atoms with Crippen molar-refractivity contribution in [1.82, 2.24) is 4.98 Å². The molecule has 0 aliphatic rings. The molecule has 1 amide bonds. The van der Waals surface area contributed by atoms with Crippen LogP contribution in [0.1, 0.15) is 6.92 Å². The van der Waals surface area contributed by atoms with Crippen LogP contribution in [-0.4, -0.2) is 22.8 Å². The number of carbonyl (C=O) groups excluding carboxylic acids is 1. The smallest absolute Gasteiger partial charge is 0.411 e. The summed E-state index contributed by atoms with van der Waals surface area (Å²) in [6.07, 6.45) is 1.92. The number of nitrogens with zero attached hydrogens (tertiary/aromatic N) is 1. The molecule has 3 aromatic rings. The van der Waals surface area contributed by atoms with Gasteiger partial charge < -0.3 is 14.3 Å². The largest absolute Gasteiger partial charge is 0.505 e. The summed E-state index contributed by atoms with van der Waals surface area (Å²) >= 11 is 0. The number of nitrogens with one attached hydrogen (secondary N) is 1. The maximum absolute atomic E-state index is 12.3. The molecule has 0 atom stereocenters. The first-order valence-corrected chi connectivity index (χ1v) is 7.24. The van der Waals surface area contributed by atoms with Crippen LogP contribution in [0.15, 0.2) is 51.9 Å². The van der Waals surface area contributed by atoms with E-state index in [1.165, 1.54) is 18.5 Å². The van der Waals surface area contributed by atoms with E-state index in [1.54, 1.807) is 31.2 Å². The number of rotatable bonds is 3. The predicted molar refractivity (Wildman–Crippen MR) is 88.0 cm³/mol. The fourth-order valence-corrected chi connectivity index (χ4v) is 2.31. The molecule has 2 N–H and O–H groups in total. The first-order valence-electron chi connectivity index (χ1n) is 7.24. The average Bonchev–Trinajstić information content (AvgIpc) is 2.55. The molecule has 0 spiro atoms. The molecule has 0 aliphatic carbocycles. The molecule has 0 bridgehead atoms. The van der Waals surface area contributed by atoms with Crippen LogP contribution in [-0.2, 0) is 4.74 Å². The lowest BCUT2D eigenvalue weighted by Gasteiger charge is -2.10. The van der Waals surface area contributed by atoms with E-state index in [1.807, 2.05) is 0 Å². The third kappa shape index (κ3) is 2.91. The SMILES string of the molecule is CCOC(=O)Nc1ccccc1-c1cc(=O)c2c(O)cncc2o1. The number of anilines is 1. The minimum atomic E-state index is -0.604. The number of pyridine rings is 1. The number of hydrogen-bond acceptors (Lipinski definition) is 6. The summed E-state index contributed by atoms with van der Waals surface area (Å²) in [5.41, 5.74) is 0.694. The second-order valence-electron chi connectivity index (χ2n) is 4.90. The summed E-state index contributed by atoms with van der Waals surface area (Å²) in [4.78, 5) is 27.7. The van der Waals surface area contributed by atoms with Crippen molar-refractivity contribution >= 4 is 22.7 Å². The minimum absolute atomic E-state index is 0.0598. The average molecular weight is 326 g/mol. The first kappa shape index (κ1) is 15.5. The molecule has 0 radical (unpaired) electrons. The van der Waals surface area contributed by atoms with Gasteiger partial charge >= 0.3 is 6.09 Å². The number of aromatic hydroxyl groups is 1. The highest BCUT2D eigenvalue weighted by Gasteiger charge is 2.14. The fraction of sp³-hybridized carbons (Fsp3) is 0.118. The maximum atomic E-state index is 12.3. The third-order valence-electron chi connectivity index (χ3n) is 3.32. The van der Waals surface area contributed by atoms with Crippen molar-refractivity contribution in [2.24, 2.45) is 0 Å². The van der Waals surface area contributed by atoms with Crippen molar-refractivity contribution in [2.75, 3.05) is 11.9 Å². The number of hydrogen-bond donors (Lipinski definition) is 2. The van der Waals surface area contributed by atoms with Gasteiger partial charge in [-0.15, -0.1) is 0 Å². The monoisotopic (exact) mass is 326 g/mol. The van der Waals surface area contributed by atoms with E-state index in [4.69, 9.17) is 9.15 Å². The number of fused-ring (bicyclic) bond motifs is 1. The second-order valence-corrected chi connectivity index (χ2v) is 4.90. The van der Waals surface area contributed by atoms with E-state index < -0.39 is 11.5 Å². The molecular formula is C17H14N2O5. The Morgan fingerprint density at radius 2 is 2.12 bits per heavy atom. The van der Waals surface area contributed by atoms with Crippen LogP contribution in [0.2, 0.25) is 0 Å². The Kier molecular flexibility index (Phi) is 4.15. The summed E-state index contributed by atoms with van der Waals surface area (Å²) in [5.74, 6) is -0.00182. The summed E-state index contributed by atoms with van der Waals surface area (Å²) < 4.78 is 10.5. The molecule has 1 aromatic carbocycles. The van der Waals surface area contributed by atoms with E-state index in [9.17, 15) is 14.7 Å². The lowest BCUT2D eigenvalue weighted by Crippen LogP contribution is -2.14. The fourth-order valence-electron chi connectivity index (χ4n) is 2.31. The lowest BCUT2D eigenvalue weighted by atomic mass is 10.1. The van der Waals surface area contributed by atoms with Gasteiger partial charge in [0.25, 0.3) is 0 Å². The van der Waals surface area contributed by atoms with E-state index in [-0.39, 0.29) is 29.1 Å². The standard InChI is InChI=1S/C17H14N2O5/c1-2-23-17(22)19-11-6-4-3-5-10(11)14-7-12(20)16-13(21)8-18-9-15(16)24-14/h3-9,21H,2H2,1H3,(H,19,22). The van der Waals surface area contributed by atoms with Gasteiger partial charge in [0.1, 0.15) is 16.9 Å². The highest BCUT2D eigenvalue weighted by molar-refractivity contribution is 5.91. The minimum Gasteiger partial charge on any atom is -0.505 e. The topological polar surface area (TPSA) is 102 Å². The quantitative estimate of drug-likeness (QED) is 0.766. The molecule has 122 valence electrons. The molecule has 7 heteroatoms. The summed E-state index contributed by atoms with van der Waals surface area (Å²) in [5, 5.41) is 12.4. The van der Waals surface area contributed by atoms with Crippen LogP contribution < -0.4 is 10.7 Å². The van der Waals surface area contributed by atoms with Gasteiger partial charge in [-0.25, -0.2) is 4.79 Å². The van der Waals surface area contributed by atoms with E-state index in [0.717, 1.165) is 0 Å². The van der Waals surface area contributed by atoms with Crippen LogP contribution in [0.3, 0.4) is 0 Å². The van der Waals surface area contributed by atoms with E-state index in [2.05, 4.69) is 10.3 Å². The second kappa shape index (κ2) is 6.41. The molecule has 0 saturated carbocycles. The van der Waals surface area contributed by atoms with Crippen LogP contribution in [0.25, 0.3) is 22.3 Å². The molecule has 0 saturated heterocycles. The number of aromatic nitrogens is 1. The van der Waals surface area contributed by atoms with Gasteiger partial charge in [-0.2, -0.15) is 0 Å². The number of benzene rings is 1.